The molecule has 5 heteroatoms. The lowest BCUT2D eigenvalue weighted by Crippen LogP contribution is -2.37. The van der Waals surface area contributed by atoms with Gasteiger partial charge in [-0.3, -0.25) is 11.3 Å². The molecule has 0 bridgehead atoms. The first kappa shape index (κ1) is 14.4. The lowest BCUT2D eigenvalue weighted by atomic mass is 9.77. The lowest BCUT2D eigenvalue weighted by molar-refractivity contribution is -0.0293. The minimum absolute atomic E-state index is 0.0323. The van der Waals surface area contributed by atoms with Gasteiger partial charge in [0.1, 0.15) is 11.6 Å². The van der Waals surface area contributed by atoms with Gasteiger partial charge in [-0.2, -0.15) is 0 Å². The molecule has 1 unspecified atom stereocenters. The fourth-order valence-electron chi connectivity index (χ4n) is 2.68. The molecule has 3 nitrogen and oxygen atoms in total. The van der Waals surface area contributed by atoms with E-state index in [2.05, 4.69) is 5.43 Å². The summed E-state index contributed by atoms with van der Waals surface area (Å²) >= 11 is 0. The SMILES string of the molecule is CCOC1CC(CC(NN)c2c(F)cccc2F)C1. The van der Waals surface area contributed by atoms with E-state index < -0.39 is 17.7 Å². The van der Waals surface area contributed by atoms with Crippen LogP contribution in [0.25, 0.3) is 0 Å². The molecule has 0 saturated heterocycles. The van der Waals surface area contributed by atoms with E-state index in [1.165, 1.54) is 18.2 Å². The number of halogens is 2. The maximum atomic E-state index is 13.7. The Hall–Kier alpha value is -1.04. The van der Waals surface area contributed by atoms with E-state index in [0.29, 0.717) is 25.0 Å². The van der Waals surface area contributed by atoms with Crippen LogP contribution in [0.1, 0.15) is 37.8 Å². The molecule has 0 spiro atoms. The molecule has 19 heavy (non-hydrogen) atoms. The zero-order valence-electron chi connectivity index (χ0n) is 11.0. The van der Waals surface area contributed by atoms with Crippen molar-refractivity contribution in [3.05, 3.63) is 35.4 Å². The van der Waals surface area contributed by atoms with Crippen molar-refractivity contribution < 1.29 is 13.5 Å². The molecule has 1 atom stereocenters. The van der Waals surface area contributed by atoms with Crippen LogP contribution in [0.4, 0.5) is 8.78 Å². The van der Waals surface area contributed by atoms with Gasteiger partial charge >= 0.3 is 0 Å². The molecule has 1 fully saturated rings. The van der Waals surface area contributed by atoms with Crippen molar-refractivity contribution in [1.29, 1.82) is 0 Å². The average molecular weight is 270 g/mol. The Morgan fingerprint density at radius 2 is 2.00 bits per heavy atom. The molecule has 0 heterocycles. The quantitative estimate of drug-likeness (QED) is 0.617. The predicted molar refractivity (Wildman–Crippen MR) is 69.2 cm³/mol. The van der Waals surface area contributed by atoms with Gasteiger partial charge in [-0.25, -0.2) is 8.78 Å². The van der Waals surface area contributed by atoms with Crippen LogP contribution in [0.15, 0.2) is 18.2 Å². The minimum atomic E-state index is -0.552. The highest BCUT2D eigenvalue weighted by molar-refractivity contribution is 5.23. The number of nitrogens with two attached hydrogens (primary N) is 1. The maximum Gasteiger partial charge on any atom is 0.130 e. The number of nitrogens with one attached hydrogen (secondary N) is 1. The summed E-state index contributed by atoms with van der Waals surface area (Å²) in [6.07, 6.45) is 2.78. The van der Waals surface area contributed by atoms with Crippen LogP contribution < -0.4 is 11.3 Å². The van der Waals surface area contributed by atoms with Gasteiger partial charge in [-0.15, -0.1) is 0 Å². The van der Waals surface area contributed by atoms with E-state index in [1.54, 1.807) is 0 Å². The second-order valence-corrected chi connectivity index (χ2v) is 5.01. The van der Waals surface area contributed by atoms with E-state index in [-0.39, 0.29) is 5.56 Å². The Morgan fingerprint density at radius 1 is 1.37 bits per heavy atom. The van der Waals surface area contributed by atoms with Crippen molar-refractivity contribution in [2.75, 3.05) is 6.61 Å². The van der Waals surface area contributed by atoms with E-state index in [0.717, 1.165) is 12.8 Å². The van der Waals surface area contributed by atoms with Gasteiger partial charge in [0.15, 0.2) is 0 Å². The molecule has 1 saturated carbocycles. The molecule has 0 amide bonds. The summed E-state index contributed by atoms with van der Waals surface area (Å²) in [6, 6.07) is 3.38. The monoisotopic (exact) mass is 270 g/mol. The van der Waals surface area contributed by atoms with Crippen molar-refractivity contribution in [3.63, 3.8) is 0 Å². The van der Waals surface area contributed by atoms with Crippen LogP contribution in [0, 0.1) is 17.6 Å². The first-order valence-electron chi connectivity index (χ1n) is 6.67. The van der Waals surface area contributed by atoms with Gasteiger partial charge in [-0.05, 0) is 44.2 Å². The molecular weight excluding hydrogens is 250 g/mol. The Labute approximate surface area is 112 Å². The summed E-state index contributed by atoms with van der Waals surface area (Å²) in [6.45, 7) is 2.67. The number of rotatable bonds is 6. The molecule has 1 aliphatic rings. The highest BCUT2D eigenvalue weighted by Crippen LogP contribution is 2.37. The van der Waals surface area contributed by atoms with Gasteiger partial charge in [0.2, 0.25) is 0 Å². The van der Waals surface area contributed by atoms with Crippen LogP contribution in [0.2, 0.25) is 0 Å². The lowest BCUT2D eigenvalue weighted by Gasteiger charge is -2.37. The fourth-order valence-corrected chi connectivity index (χ4v) is 2.68. The van der Waals surface area contributed by atoms with Crippen LogP contribution in [0.5, 0.6) is 0 Å². The molecule has 3 N–H and O–H groups in total. The highest BCUT2D eigenvalue weighted by atomic mass is 19.1. The Balaban J connectivity index is 1.98. The summed E-state index contributed by atoms with van der Waals surface area (Å²) in [4.78, 5) is 0. The standard InChI is InChI=1S/C14H20F2N2O/c1-2-19-10-6-9(7-10)8-13(18-17)14-11(15)4-3-5-12(14)16/h3-5,9-10,13,18H,2,6-8,17H2,1H3. The Bertz CT molecular complexity index is 402. The number of ether oxygens (including phenoxy) is 1. The molecule has 1 aliphatic carbocycles. The topological polar surface area (TPSA) is 47.3 Å². The second-order valence-electron chi connectivity index (χ2n) is 5.01. The number of benzene rings is 1. The molecule has 0 radical (unpaired) electrons. The zero-order chi connectivity index (χ0) is 13.8. The van der Waals surface area contributed by atoms with Gasteiger partial charge in [-0.1, -0.05) is 6.07 Å². The van der Waals surface area contributed by atoms with Crippen LogP contribution in [-0.2, 0) is 4.74 Å². The third-order valence-corrected chi connectivity index (χ3v) is 3.71. The minimum Gasteiger partial charge on any atom is -0.378 e. The van der Waals surface area contributed by atoms with E-state index in [4.69, 9.17) is 10.6 Å². The molecule has 1 aromatic rings. The van der Waals surface area contributed by atoms with Gasteiger partial charge in [0, 0.05) is 12.2 Å². The Kier molecular flexibility index (Phi) is 4.85. The normalized spacial score (nSPS) is 24.0. The maximum absolute atomic E-state index is 13.7. The number of hydrogen-bond acceptors (Lipinski definition) is 3. The first-order chi connectivity index (χ1) is 9.15. The second kappa shape index (κ2) is 6.41. The molecule has 2 rings (SSSR count). The summed E-state index contributed by atoms with van der Waals surface area (Å²) in [5, 5.41) is 0. The third kappa shape index (κ3) is 3.29. The van der Waals surface area contributed by atoms with Crippen molar-refractivity contribution in [3.8, 4) is 0 Å². The summed E-state index contributed by atoms with van der Waals surface area (Å²) < 4.78 is 32.9. The zero-order valence-corrected chi connectivity index (χ0v) is 11.0. The molecule has 0 aliphatic heterocycles. The van der Waals surface area contributed by atoms with Crippen LogP contribution in [-0.4, -0.2) is 12.7 Å². The summed E-state index contributed by atoms with van der Waals surface area (Å²) in [7, 11) is 0. The van der Waals surface area contributed by atoms with E-state index in [1.807, 2.05) is 6.92 Å². The van der Waals surface area contributed by atoms with Crippen molar-refractivity contribution >= 4 is 0 Å². The van der Waals surface area contributed by atoms with Gasteiger partial charge < -0.3 is 4.74 Å². The highest BCUT2D eigenvalue weighted by Gasteiger charge is 2.32. The van der Waals surface area contributed by atoms with Crippen molar-refractivity contribution in [2.45, 2.75) is 38.3 Å². The van der Waals surface area contributed by atoms with Crippen LogP contribution >= 0.6 is 0 Å². The molecule has 1 aromatic carbocycles. The van der Waals surface area contributed by atoms with Crippen LogP contribution in [0.3, 0.4) is 0 Å². The van der Waals surface area contributed by atoms with E-state index in [9.17, 15) is 8.78 Å². The first-order valence-corrected chi connectivity index (χ1v) is 6.67. The van der Waals surface area contributed by atoms with Gasteiger partial charge in [0.05, 0.1) is 12.1 Å². The number of hydrazine groups is 1. The predicted octanol–water partition coefficient (Wildman–Crippen LogP) is 2.67. The average Bonchev–Trinajstić information content (AvgIpc) is 2.34. The van der Waals surface area contributed by atoms with Gasteiger partial charge in [0.25, 0.3) is 0 Å². The molecule has 106 valence electrons. The fraction of sp³-hybridized carbons (Fsp3) is 0.571. The molecular formula is C14H20F2N2O. The summed E-state index contributed by atoms with van der Waals surface area (Å²) in [5.41, 5.74) is 2.56. The largest absolute Gasteiger partial charge is 0.378 e. The van der Waals surface area contributed by atoms with Crippen molar-refractivity contribution in [1.82, 2.24) is 5.43 Å². The Morgan fingerprint density at radius 3 is 2.53 bits per heavy atom. The summed E-state index contributed by atoms with van der Waals surface area (Å²) in [5.74, 6) is 4.74. The van der Waals surface area contributed by atoms with Crippen molar-refractivity contribution in [2.24, 2.45) is 11.8 Å². The third-order valence-electron chi connectivity index (χ3n) is 3.71. The van der Waals surface area contributed by atoms with E-state index >= 15 is 0 Å². The number of hydrogen-bond donors (Lipinski definition) is 2. The smallest absolute Gasteiger partial charge is 0.130 e. The molecule has 0 aromatic heterocycles.